The molecule has 0 fully saturated rings. The molecule has 1 N–H and O–H groups in total. The van der Waals surface area contributed by atoms with Gasteiger partial charge in [-0.1, -0.05) is 42.5 Å². The lowest BCUT2D eigenvalue weighted by molar-refractivity contribution is 0.0950. The first-order chi connectivity index (χ1) is 15.6. The summed E-state index contributed by atoms with van der Waals surface area (Å²) in [6.07, 6.45) is 1.61. The van der Waals surface area contributed by atoms with Crippen LogP contribution in [0.1, 0.15) is 23.0 Å². The molecule has 0 aliphatic rings. The van der Waals surface area contributed by atoms with Crippen LogP contribution >= 0.6 is 0 Å². The van der Waals surface area contributed by atoms with Crippen LogP contribution in [0.5, 0.6) is 0 Å². The highest BCUT2D eigenvalue weighted by Gasteiger charge is 2.15. The number of hydrazone groups is 1. The van der Waals surface area contributed by atoms with Gasteiger partial charge in [0.15, 0.2) is 5.69 Å². The minimum absolute atomic E-state index is 0.154. The summed E-state index contributed by atoms with van der Waals surface area (Å²) in [5.74, 6) is -0.475. The Hall–Kier alpha value is -4.26. The zero-order chi connectivity index (χ0) is 22.2. The zero-order valence-electron chi connectivity index (χ0n) is 17.7. The Balaban J connectivity index is 1.46. The van der Waals surface area contributed by atoms with Gasteiger partial charge >= 0.3 is 0 Å². The monoisotopic (exact) mass is 423 g/mol. The molecule has 0 spiro atoms. The normalized spacial score (nSPS) is 11.7. The largest absolute Gasteiger partial charge is 0.341 e. The quantitative estimate of drug-likeness (QED) is 0.352. The Kier molecular flexibility index (Phi) is 4.78. The lowest BCUT2D eigenvalue weighted by atomic mass is 10.1. The van der Waals surface area contributed by atoms with Gasteiger partial charge in [-0.3, -0.25) is 9.59 Å². The second kappa shape index (κ2) is 7.77. The highest BCUT2D eigenvalue weighted by atomic mass is 16.2. The van der Waals surface area contributed by atoms with Crippen molar-refractivity contribution in [3.8, 4) is 0 Å². The molecule has 0 aliphatic carbocycles. The van der Waals surface area contributed by atoms with Gasteiger partial charge < -0.3 is 4.57 Å². The van der Waals surface area contributed by atoms with E-state index in [-0.39, 0.29) is 11.3 Å². The van der Waals surface area contributed by atoms with Crippen molar-refractivity contribution in [2.45, 2.75) is 13.5 Å². The van der Waals surface area contributed by atoms with Gasteiger partial charge in [-0.2, -0.15) is 10.2 Å². The number of aromatic nitrogens is 3. The summed E-state index contributed by atoms with van der Waals surface area (Å²) in [6, 6.07) is 21.4. The molecule has 5 aromatic rings. The Morgan fingerprint density at radius 2 is 1.66 bits per heavy atom. The second-order valence-electron chi connectivity index (χ2n) is 7.56. The first-order valence-electron chi connectivity index (χ1n) is 10.4. The van der Waals surface area contributed by atoms with Crippen LogP contribution in [-0.2, 0) is 13.6 Å². The van der Waals surface area contributed by atoms with Crippen LogP contribution in [0.4, 0.5) is 0 Å². The van der Waals surface area contributed by atoms with Gasteiger partial charge in [0.25, 0.3) is 11.5 Å². The predicted molar refractivity (Wildman–Crippen MR) is 127 cm³/mol. The molecule has 7 heteroatoms. The fourth-order valence-electron chi connectivity index (χ4n) is 4.18. The van der Waals surface area contributed by atoms with Gasteiger partial charge in [0.05, 0.1) is 11.6 Å². The van der Waals surface area contributed by atoms with E-state index in [1.54, 1.807) is 30.5 Å². The van der Waals surface area contributed by atoms with E-state index in [2.05, 4.69) is 51.4 Å². The summed E-state index contributed by atoms with van der Waals surface area (Å²) < 4.78 is 3.45. The fourth-order valence-corrected chi connectivity index (χ4v) is 4.18. The van der Waals surface area contributed by atoms with E-state index < -0.39 is 5.91 Å². The van der Waals surface area contributed by atoms with E-state index >= 15 is 0 Å². The highest BCUT2D eigenvalue weighted by Crippen LogP contribution is 2.29. The Labute approximate surface area is 183 Å². The maximum absolute atomic E-state index is 12.7. The van der Waals surface area contributed by atoms with E-state index in [4.69, 9.17) is 0 Å². The molecule has 3 aromatic carbocycles. The van der Waals surface area contributed by atoms with Gasteiger partial charge in [0, 0.05) is 40.8 Å². The van der Waals surface area contributed by atoms with Crippen LogP contribution in [0.25, 0.3) is 32.6 Å². The van der Waals surface area contributed by atoms with Gasteiger partial charge in [-0.25, -0.2) is 10.1 Å². The number of benzene rings is 3. The van der Waals surface area contributed by atoms with Crippen molar-refractivity contribution in [3.63, 3.8) is 0 Å². The lowest BCUT2D eigenvalue weighted by Crippen LogP contribution is -2.27. The van der Waals surface area contributed by atoms with Crippen LogP contribution in [0.3, 0.4) is 0 Å². The molecule has 158 valence electrons. The first-order valence-corrected chi connectivity index (χ1v) is 10.4. The van der Waals surface area contributed by atoms with Crippen LogP contribution in [0.2, 0.25) is 0 Å². The average molecular weight is 423 g/mol. The lowest BCUT2D eigenvalue weighted by Gasteiger charge is -2.06. The predicted octanol–water partition coefficient (Wildman–Crippen LogP) is 3.83. The Bertz CT molecular complexity index is 1590. The van der Waals surface area contributed by atoms with Crippen molar-refractivity contribution in [1.29, 1.82) is 0 Å². The van der Waals surface area contributed by atoms with E-state index in [9.17, 15) is 9.59 Å². The molecule has 0 unspecified atom stereocenters. The Morgan fingerprint density at radius 3 is 2.44 bits per heavy atom. The third-order valence-corrected chi connectivity index (χ3v) is 5.66. The third-order valence-electron chi connectivity index (χ3n) is 5.66. The number of hydrogen-bond acceptors (Lipinski definition) is 4. The number of carbonyl (C=O) groups excluding carboxylic acids is 1. The second-order valence-corrected chi connectivity index (χ2v) is 7.56. The molecule has 0 radical (unpaired) electrons. The molecule has 0 aliphatic heterocycles. The van der Waals surface area contributed by atoms with Crippen molar-refractivity contribution in [2.75, 3.05) is 0 Å². The van der Waals surface area contributed by atoms with E-state index in [0.29, 0.717) is 10.8 Å². The van der Waals surface area contributed by atoms with Gasteiger partial charge in [-0.05, 0) is 36.8 Å². The average Bonchev–Trinajstić information content (AvgIpc) is 3.14. The number of carbonyl (C=O) groups is 1. The molecule has 2 heterocycles. The SMILES string of the molecule is CCn1c2ccccc2c2cc(/C=N/NC(=O)c3nn(C)c(=O)c4ccccc34)ccc21. The van der Waals surface area contributed by atoms with E-state index in [1.165, 1.54) is 22.6 Å². The minimum atomic E-state index is -0.475. The number of amides is 1. The summed E-state index contributed by atoms with van der Waals surface area (Å²) in [5.41, 5.74) is 5.67. The number of nitrogens with one attached hydrogen (secondary N) is 1. The van der Waals surface area contributed by atoms with Crippen molar-refractivity contribution in [1.82, 2.24) is 19.8 Å². The first kappa shape index (κ1) is 19.7. The summed E-state index contributed by atoms with van der Waals surface area (Å²) in [6.45, 7) is 3.02. The van der Waals surface area contributed by atoms with E-state index in [1.807, 2.05) is 18.2 Å². The van der Waals surface area contributed by atoms with Crippen LogP contribution < -0.4 is 11.0 Å². The van der Waals surface area contributed by atoms with E-state index in [0.717, 1.165) is 23.0 Å². The highest BCUT2D eigenvalue weighted by molar-refractivity contribution is 6.09. The third kappa shape index (κ3) is 3.15. The number of aryl methyl sites for hydroxylation is 2. The molecule has 32 heavy (non-hydrogen) atoms. The molecular weight excluding hydrogens is 402 g/mol. The van der Waals surface area contributed by atoms with Crippen molar-refractivity contribution in [2.24, 2.45) is 12.1 Å². The van der Waals surface area contributed by atoms with Crippen LogP contribution in [0.15, 0.2) is 76.6 Å². The molecule has 0 bridgehead atoms. The Morgan fingerprint density at radius 1 is 0.969 bits per heavy atom. The smallest absolute Gasteiger partial charge is 0.292 e. The van der Waals surface area contributed by atoms with Crippen LogP contribution in [0, 0.1) is 0 Å². The summed E-state index contributed by atoms with van der Waals surface area (Å²) in [5, 5.41) is 11.5. The molecule has 0 saturated heterocycles. The summed E-state index contributed by atoms with van der Waals surface area (Å²) in [4.78, 5) is 25.0. The maximum Gasteiger partial charge on any atom is 0.292 e. The summed E-state index contributed by atoms with van der Waals surface area (Å²) >= 11 is 0. The molecule has 0 atom stereocenters. The fraction of sp³-hybridized carbons (Fsp3) is 0.120. The molecule has 1 amide bonds. The molecule has 7 nitrogen and oxygen atoms in total. The molecule has 2 aromatic heterocycles. The van der Waals surface area contributed by atoms with Gasteiger partial charge in [-0.15, -0.1) is 0 Å². The van der Waals surface area contributed by atoms with Gasteiger partial charge in [0.1, 0.15) is 0 Å². The van der Waals surface area contributed by atoms with Crippen molar-refractivity contribution < 1.29 is 4.79 Å². The number of fused-ring (bicyclic) bond motifs is 4. The number of rotatable bonds is 4. The number of hydrogen-bond donors (Lipinski definition) is 1. The molecule has 0 saturated carbocycles. The summed E-state index contributed by atoms with van der Waals surface area (Å²) in [7, 11) is 1.52. The topological polar surface area (TPSA) is 81.3 Å². The van der Waals surface area contributed by atoms with Crippen molar-refractivity contribution >= 4 is 44.7 Å². The minimum Gasteiger partial charge on any atom is -0.341 e. The number of para-hydroxylation sites is 1. The standard InChI is InChI=1S/C25H21N5O2/c1-3-30-21-11-7-6-8-17(21)20-14-16(12-13-22(20)30)15-26-27-24(31)23-18-9-4-5-10-19(18)25(32)29(2)28-23/h4-15H,3H2,1-2H3,(H,27,31)/b26-15+. The maximum atomic E-state index is 12.7. The van der Waals surface area contributed by atoms with Crippen molar-refractivity contribution in [3.05, 3.63) is 88.3 Å². The van der Waals surface area contributed by atoms with Gasteiger partial charge in [0.2, 0.25) is 0 Å². The molecule has 5 rings (SSSR count). The molecular formula is C25H21N5O2. The van der Waals surface area contributed by atoms with Crippen LogP contribution in [-0.4, -0.2) is 26.5 Å². The zero-order valence-corrected chi connectivity index (χ0v) is 17.7. The number of nitrogens with zero attached hydrogens (tertiary/aromatic N) is 4.